The van der Waals surface area contributed by atoms with Crippen molar-refractivity contribution in [3.63, 3.8) is 0 Å². The van der Waals surface area contributed by atoms with E-state index in [0.717, 1.165) is 61.1 Å². The summed E-state index contributed by atoms with van der Waals surface area (Å²) in [6, 6.07) is 7.18. The number of H-pyrrole nitrogens is 1. The molecule has 2 aliphatic rings. The lowest BCUT2D eigenvalue weighted by Crippen LogP contribution is -2.50. The first-order chi connectivity index (χ1) is 15.1. The zero-order chi connectivity index (χ0) is 21.8. The molecule has 0 unspecified atom stereocenters. The monoisotopic (exact) mass is 442 g/mol. The second kappa shape index (κ2) is 9.85. The van der Waals surface area contributed by atoms with Crippen LogP contribution in [-0.4, -0.2) is 57.2 Å². The SMILES string of the molecule is CSCC[C@@H](C(=O)NCCCc1nc2ccccc2[nH]1)N1C(=O)[C@H]2CCCC[C@H]2C1=O. The van der Waals surface area contributed by atoms with Gasteiger partial charge in [0.25, 0.3) is 0 Å². The largest absolute Gasteiger partial charge is 0.354 e. The average Bonchev–Trinajstić information content (AvgIpc) is 3.31. The summed E-state index contributed by atoms with van der Waals surface area (Å²) >= 11 is 1.62. The molecule has 3 amide bonds. The minimum atomic E-state index is -0.704. The average molecular weight is 443 g/mol. The van der Waals surface area contributed by atoms with Crippen molar-refractivity contribution >= 4 is 40.5 Å². The second-order valence-electron chi connectivity index (χ2n) is 8.44. The number of likely N-dealkylation sites (tertiary alicyclic amines) is 1. The van der Waals surface area contributed by atoms with Crippen LogP contribution >= 0.6 is 11.8 Å². The van der Waals surface area contributed by atoms with Crippen LogP contribution in [0.15, 0.2) is 24.3 Å². The molecule has 8 heteroatoms. The molecule has 4 rings (SSSR count). The lowest BCUT2D eigenvalue weighted by molar-refractivity contribution is -0.148. The first-order valence-electron chi connectivity index (χ1n) is 11.2. The van der Waals surface area contributed by atoms with Gasteiger partial charge in [0.15, 0.2) is 0 Å². The number of para-hydroxylation sites is 2. The van der Waals surface area contributed by atoms with Crippen molar-refractivity contribution in [1.82, 2.24) is 20.2 Å². The Hall–Kier alpha value is -2.35. The number of aromatic nitrogens is 2. The lowest BCUT2D eigenvalue weighted by atomic mass is 9.81. The summed E-state index contributed by atoms with van der Waals surface area (Å²) in [5.74, 6) is 0.667. The summed E-state index contributed by atoms with van der Waals surface area (Å²) in [4.78, 5) is 48.1. The van der Waals surface area contributed by atoms with Crippen molar-refractivity contribution in [3.05, 3.63) is 30.1 Å². The fraction of sp³-hybridized carbons (Fsp3) is 0.565. The van der Waals surface area contributed by atoms with Gasteiger partial charge in [-0.2, -0.15) is 11.8 Å². The van der Waals surface area contributed by atoms with Crippen LogP contribution in [0, 0.1) is 11.8 Å². The summed E-state index contributed by atoms with van der Waals surface area (Å²) in [6.07, 6.45) is 7.41. The van der Waals surface area contributed by atoms with Gasteiger partial charge in [0.2, 0.25) is 17.7 Å². The molecular formula is C23H30N4O3S. The molecule has 1 saturated heterocycles. The molecule has 1 aromatic carbocycles. The molecule has 1 aliphatic carbocycles. The third kappa shape index (κ3) is 4.63. The second-order valence-corrected chi connectivity index (χ2v) is 9.42. The van der Waals surface area contributed by atoms with E-state index in [1.807, 2.05) is 30.5 Å². The van der Waals surface area contributed by atoms with Crippen molar-refractivity contribution in [2.24, 2.45) is 11.8 Å². The highest BCUT2D eigenvalue weighted by atomic mass is 32.2. The summed E-state index contributed by atoms with van der Waals surface area (Å²) in [5.41, 5.74) is 1.94. The minimum Gasteiger partial charge on any atom is -0.354 e. The van der Waals surface area contributed by atoms with Gasteiger partial charge in [-0.05, 0) is 49.8 Å². The molecule has 1 aliphatic heterocycles. The molecule has 0 radical (unpaired) electrons. The number of benzene rings is 1. The van der Waals surface area contributed by atoms with Gasteiger partial charge in [-0.1, -0.05) is 25.0 Å². The molecule has 2 fully saturated rings. The molecule has 0 spiro atoms. The Bertz CT molecular complexity index is 902. The Balaban J connectivity index is 1.35. The molecule has 2 aromatic rings. The Labute approximate surface area is 186 Å². The van der Waals surface area contributed by atoms with Gasteiger partial charge < -0.3 is 10.3 Å². The third-order valence-electron chi connectivity index (χ3n) is 6.41. The van der Waals surface area contributed by atoms with Gasteiger partial charge in [0, 0.05) is 13.0 Å². The highest BCUT2D eigenvalue weighted by Gasteiger charge is 2.51. The van der Waals surface area contributed by atoms with Crippen LogP contribution in [0.5, 0.6) is 0 Å². The molecule has 2 N–H and O–H groups in total. The molecule has 7 nitrogen and oxygen atoms in total. The number of imide groups is 1. The molecule has 3 atom stereocenters. The van der Waals surface area contributed by atoms with E-state index in [9.17, 15) is 14.4 Å². The maximum Gasteiger partial charge on any atom is 0.243 e. The summed E-state index contributed by atoms with van der Waals surface area (Å²) < 4.78 is 0. The lowest BCUT2D eigenvalue weighted by Gasteiger charge is -2.25. The fourth-order valence-corrected chi connectivity index (χ4v) is 5.27. The Kier molecular flexibility index (Phi) is 6.95. The first kappa shape index (κ1) is 21.9. The van der Waals surface area contributed by atoms with E-state index >= 15 is 0 Å². The molecule has 1 saturated carbocycles. The van der Waals surface area contributed by atoms with Crippen molar-refractivity contribution in [1.29, 1.82) is 0 Å². The normalized spacial score (nSPS) is 22.0. The maximum absolute atomic E-state index is 13.0. The number of imidazole rings is 1. The zero-order valence-corrected chi connectivity index (χ0v) is 18.7. The number of carbonyl (C=O) groups is 3. The van der Waals surface area contributed by atoms with Crippen molar-refractivity contribution < 1.29 is 14.4 Å². The highest BCUT2D eigenvalue weighted by molar-refractivity contribution is 7.98. The smallest absolute Gasteiger partial charge is 0.243 e. The van der Waals surface area contributed by atoms with E-state index in [2.05, 4.69) is 15.3 Å². The van der Waals surface area contributed by atoms with Crippen LogP contribution in [0.3, 0.4) is 0 Å². The molecule has 166 valence electrons. The minimum absolute atomic E-state index is 0.141. The van der Waals surface area contributed by atoms with Crippen LogP contribution < -0.4 is 5.32 Å². The first-order valence-corrected chi connectivity index (χ1v) is 12.6. The van der Waals surface area contributed by atoms with Gasteiger partial charge in [-0.15, -0.1) is 0 Å². The number of fused-ring (bicyclic) bond motifs is 2. The number of aryl methyl sites for hydroxylation is 1. The molecule has 2 heterocycles. The molecule has 0 bridgehead atoms. The number of nitrogens with one attached hydrogen (secondary N) is 2. The van der Waals surface area contributed by atoms with Crippen LogP contribution in [0.25, 0.3) is 11.0 Å². The highest BCUT2D eigenvalue weighted by Crippen LogP contribution is 2.39. The van der Waals surface area contributed by atoms with E-state index in [1.54, 1.807) is 11.8 Å². The van der Waals surface area contributed by atoms with Crippen molar-refractivity contribution in [2.45, 2.75) is 51.0 Å². The van der Waals surface area contributed by atoms with Gasteiger partial charge in [-0.25, -0.2) is 4.98 Å². The predicted octanol–water partition coefficient (Wildman–Crippen LogP) is 2.91. The van der Waals surface area contributed by atoms with Crippen LogP contribution in [0.4, 0.5) is 0 Å². The predicted molar refractivity (Wildman–Crippen MR) is 122 cm³/mol. The number of carbonyl (C=O) groups excluding carboxylic acids is 3. The quantitative estimate of drug-likeness (QED) is 0.460. The molecule has 1 aromatic heterocycles. The van der Waals surface area contributed by atoms with Crippen LogP contribution in [0.1, 0.15) is 44.3 Å². The number of hydrogen-bond donors (Lipinski definition) is 2. The number of hydrogen-bond acceptors (Lipinski definition) is 5. The maximum atomic E-state index is 13.0. The number of rotatable bonds is 9. The van der Waals surface area contributed by atoms with Gasteiger partial charge in [0.1, 0.15) is 11.9 Å². The van der Waals surface area contributed by atoms with Crippen molar-refractivity contribution in [3.8, 4) is 0 Å². The Morgan fingerprint density at radius 1 is 1.23 bits per heavy atom. The van der Waals surface area contributed by atoms with E-state index in [4.69, 9.17) is 0 Å². The summed E-state index contributed by atoms with van der Waals surface area (Å²) in [5, 5.41) is 2.96. The van der Waals surface area contributed by atoms with E-state index < -0.39 is 6.04 Å². The number of aromatic amines is 1. The van der Waals surface area contributed by atoms with E-state index in [0.29, 0.717) is 13.0 Å². The fourth-order valence-electron chi connectivity index (χ4n) is 4.81. The summed E-state index contributed by atoms with van der Waals surface area (Å²) in [6.45, 7) is 0.481. The Morgan fingerprint density at radius 2 is 1.94 bits per heavy atom. The number of amides is 3. The third-order valence-corrected chi connectivity index (χ3v) is 7.06. The topological polar surface area (TPSA) is 95.2 Å². The Morgan fingerprint density at radius 3 is 2.61 bits per heavy atom. The van der Waals surface area contributed by atoms with Gasteiger partial charge in [-0.3, -0.25) is 19.3 Å². The van der Waals surface area contributed by atoms with Crippen LogP contribution in [0.2, 0.25) is 0 Å². The van der Waals surface area contributed by atoms with Crippen LogP contribution in [-0.2, 0) is 20.8 Å². The standard InChI is InChI=1S/C23H30N4O3S/c1-31-14-12-19(27-22(29)15-7-2-3-8-16(15)23(27)30)21(28)24-13-6-11-20-25-17-9-4-5-10-18(17)26-20/h4-5,9-10,15-16,19H,2-3,6-8,11-14H2,1H3,(H,24,28)(H,25,26)/t15-,16+,19-/m0/s1. The molecule has 31 heavy (non-hydrogen) atoms. The van der Waals surface area contributed by atoms with E-state index in [1.165, 1.54) is 4.90 Å². The van der Waals surface area contributed by atoms with Crippen molar-refractivity contribution in [2.75, 3.05) is 18.6 Å². The zero-order valence-electron chi connectivity index (χ0n) is 17.9. The summed E-state index contributed by atoms with van der Waals surface area (Å²) in [7, 11) is 0. The van der Waals surface area contributed by atoms with E-state index in [-0.39, 0.29) is 29.6 Å². The number of thioether (sulfide) groups is 1. The van der Waals surface area contributed by atoms with Gasteiger partial charge >= 0.3 is 0 Å². The van der Waals surface area contributed by atoms with Gasteiger partial charge in [0.05, 0.1) is 22.9 Å². The number of nitrogens with zero attached hydrogens (tertiary/aromatic N) is 2. The molecular weight excluding hydrogens is 412 g/mol.